The van der Waals surface area contributed by atoms with Gasteiger partial charge in [0.15, 0.2) is 0 Å². The fraction of sp³-hybridized carbons (Fsp3) is 0.167. The van der Waals surface area contributed by atoms with Crippen LogP contribution in [0.4, 0.5) is 21.0 Å². The minimum absolute atomic E-state index is 0.134. The van der Waals surface area contributed by atoms with Crippen molar-refractivity contribution >= 4 is 43.7 Å². The molecule has 3 aromatic carbocycles. The predicted molar refractivity (Wildman–Crippen MR) is 142 cm³/mol. The number of rotatable bonds is 10. The lowest BCUT2D eigenvalue weighted by molar-refractivity contribution is 0.251. The van der Waals surface area contributed by atoms with Gasteiger partial charge in [0, 0.05) is 24.5 Å². The minimum Gasteiger partial charge on any atom is -0.383 e. The van der Waals surface area contributed by atoms with Crippen LogP contribution in [0.25, 0.3) is 0 Å². The van der Waals surface area contributed by atoms with Crippen molar-refractivity contribution in [3.63, 3.8) is 0 Å². The van der Waals surface area contributed by atoms with E-state index in [1.165, 1.54) is 48.5 Å². The third-order valence-electron chi connectivity index (χ3n) is 4.62. The normalized spacial score (nSPS) is 11.2. The Kier molecular flexibility index (Phi) is 9.15. The molecule has 0 fully saturated rings. The third-order valence-corrected chi connectivity index (χ3v) is 5.61. The molecule has 0 heterocycles. The highest BCUT2D eigenvalue weighted by Gasteiger charge is 2.08. The molecule has 0 aromatic heterocycles. The van der Waals surface area contributed by atoms with E-state index < -0.39 is 32.3 Å². The van der Waals surface area contributed by atoms with Gasteiger partial charge in [-0.3, -0.25) is 0 Å². The SMILES string of the molecule is CS(=O)(=O)Oc1ccc(NC(=O)NCc2cccc(CNC(=O)Nc3ccc(OS(C)(=O)=O)cc3)c2)cc1. The van der Waals surface area contributed by atoms with Gasteiger partial charge in [0.1, 0.15) is 11.5 Å². The van der Waals surface area contributed by atoms with Gasteiger partial charge in [0.05, 0.1) is 12.5 Å². The van der Waals surface area contributed by atoms with Crippen LogP contribution in [0, 0.1) is 0 Å². The molecule has 3 aromatic rings. The van der Waals surface area contributed by atoms with E-state index >= 15 is 0 Å². The van der Waals surface area contributed by atoms with E-state index in [1.807, 2.05) is 18.2 Å². The Morgan fingerprint density at radius 3 is 1.34 bits per heavy atom. The molecule has 0 atom stereocenters. The smallest absolute Gasteiger partial charge is 0.319 e. The fourth-order valence-corrected chi connectivity index (χ4v) is 4.02. The van der Waals surface area contributed by atoms with Gasteiger partial charge in [-0.25, -0.2) is 9.59 Å². The number of nitrogens with one attached hydrogen (secondary N) is 4. The molecule has 0 radical (unpaired) electrons. The minimum atomic E-state index is -3.63. The largest absolute Gasteiger partial charge is 0.383 e. The van der Waals surface area contributed by atoms with E-state index in [1.54, 1.807) is 6.07 Å². The molecule has 0 aliphatic heterocycles. The van der Waals surface area contributed by atoms with E-state index in [4.69, 9.17) is 8.37 Å². The van der Waals surface area contributed by atoms with E-state index in [2.05, 4.69) is 21.3 Å². The Bertz CT molecular complexity index is 1380. The zero-order valence-electron chi connectivity index (χ0n) is 20.4. The number of urea groups is 2. The molecule has 12 nitrogen and oxygen atoms in total. The Labute approximate surface area is 220 Å². The summed E-state index contributed by atoms with van der Waals surface area (Å²) in [5, 5.41) is 10.7. The van der Waals surface area contributed by atoms with Crippen molar-refractivity contribution in [3.05, 3.63) is 83.9 Å². The molecule has 4 N–H and O–H groups in total. The topological polar surface area (TPSA) is 169 Å². The van der Waals surface area contributed by atoms with Crippen LogP contribution in [-0.4, -0.2) is 41.4 Å². The first-order valence-corrected chi connectivity index (χ1v) is 14.6. The van der Waals surface area contributed by atoms with Crippen LogP contribution in [0.5, 0.6) is 11.5 Å². The number of hydrogen-bond donors (Lipinski definition) is 4. The summed E-state index contributed by atoms with van der Waals surface area (Å²) in [6, 6.07) is 18.1. The quantitative estimate of drug-likeness (QED) is 0.273. The maximum atomic E-state index is 12.2. The molecule has 0 aliphatic rings. The van der Waals surface area contributed by atoms with Crippen molar-refractivity contribution in [1.82, 2.24) is 10.6 Å². The van der Waals surface area contributed by atoms with Crippen LogP contribution in [0.15, 0.2) is 72.8 Å². The van der Waals surface area contributed by atoms with Crippen molar-refractivity contribution in [2.75, 3.05) is 23.1 Å². The highest BCUT2D eigenvalue weighted by atomic mass is 32.2. The van der Waals surface area contributed by atoms with Gasteiger partial charge in [0.25, 0.3) is 0 Å². The van der Waals surface area contributed by atoms with Crippen LogP contribution in [0.1, 0.15) is 11.1 Å². The van der Waals surface area contributed by atoms with Gasteiger partial charge in [-0.1, -0.05) is 24.3 Å². The zero-order valence-corrected chi connectivity index (χ0v) is 22.1. The van der Waals surface area contributed by atoms with Crippen molar-refractivity contribution in [3.8, 4) is 11.5 Å². The van der Waals surface area contributed by atoms with E-state index in [-0.39, 0.29) is 24.6 Å². The van der Waals surface area contributed by atoms with Gasteiger partial charge in [-0.2, -0.15) is 16.8 Å². The van der Waals surface area contributed by atoms with Gasteiger partial charge >= 0.3 is 32.3 Å². The molecule has 38 heavy (non-hydrogen) atoms. The first-order valence-electron chi connectivity index (χ1n) is 11.0. The first kappa shape index (κ1) is 28.3. The van der Waals surface area contributed by atoms with Crippen molar-refractivity contribution in [2.45, 2.75) is 13.1 Å². The Balaban J connectivity index is 1.44. The van der Waals surface area contributed by atoms with Gasteiger partial charge in [0.2, 0.25) is 0 Å². The van der Waals surface area contributed by atoms with E-state index in [0.29, 0.717) is 11.4 Å². The molecule has 0 saturated carbocycles. The van der Waals surface area contributed by atoms with Crippen LogP contribution in [0.2, 0.25) is 0 Å². The standard InChI is InChI=1S/C24H26N4O8S2/c1-37(31,32)35-21-10-6-19(7-11-21)27-23(29)25-15-17-4-3-5-18(14-17)16-26-24(30)28-20-8-12-22(13-9-20)36-38(2,33)34/h3-14H,15-16H2,1-2H3,(H2,25,27,29)(H2,26,28,30). The number of amides is 4. The van der Waals surface area contributed by atoms with Crippen molar-refractivity contribution in [2.24, 2.45) is 0 Å². The Morgan fingerprint density at radius 2 is 1.00 bits per heavy atom. The fourth-order valence-electron chi connectivity index (χ4n) is 3.10. The molecular formula is C24H26N4O8S2. The number of carbonyl (C=O) groups excluding carboxylic acids is 2. The second kappa shape index (κ2) is 12.3. The number of benzene rings is 3. The Hall–Kier alpha value is -4.30. The maximum Gasteiger partial charge on any atom is 0.319 e. The summed E-state index contributed by atoms with van der Waals surface area (Å²) in [4.78, 5) is 24.4. The van der Waals surface area contributed by atoms with Crippen LogP contribution in [-0.2, 0) is 33.3 Å². The van der Waals surface area contributed by atoms with Crippen LogP contribution < -0.4 is 29.6 Å². The first-order chi connectivity index (χ1) is 17.8. The molecule has 0 spiro atoms. The maximum absolute atomic E-state index is 12.2. The van der Waals surface area contributed by atoms with Crippen LogP contribution in [0.3, 0.4) is 0 Å². The monoisotopic (exact) mass is 562 g/mol. The van der Waals surface area contributed by atoms with Gasteiger partial charge < -0.3 is 29.6 Å². The second-order valence-corrected chi connectivity index (χ2v) is 11.2. The molecule has 3 rings (SSSR count). The Morgan fingerprint density at radius 1 is 0.632 bits per heavy atom. The summed E-state index contributed by atoms with van der Waals surface area (Å²) in [5.74, 6) is 0.268. The molecule has 0 unspecified atom stereocenters. The van der Waals surface area contributed by atoms with Crippen molar-refractivity contribution < 1.29 is 34.8 Å². The van der Waals surface area contributed by atoms with E-state index in [9.17, 15) is 26.4 Å². The molecular weight excluding hydrogens is 536 g/mol. The second-order valence-electron chi connectivity index (χ2n) is 8.06. The lowest BCUT2D eigenvalue weighted by Crippen LogP contribution is -2.29. The van der Waals surface area contributed by atoms with Gasteiger partial charge in [-0.05, 0) is 59.7 Å². The zero-order chi connectivity index (χ0) is 27.8. The van der Waals surface area contributed by atoms with E-state index in [0.717, 1.165) is 23.6 Å². The summed E-state index contributed by atoms with van der Waals surface area (Å²) in [6.07, 6.45) is 1.88. The summed E-state index contributed by atoms with van der Waals surface area (Å²) in [5.41, 5.74) is 2.51. The molecule has 202 valence electrons. The lowest BCUT2D eigenvalue weighted by atomic mass is 10.1. The number of carbonyl (C=O) groups is 2. The van der Waals surface area contributed by atoms with Crippen molar-refractivity contribution in [1.29, 1.82) is 0 Å². The predicted octanol–water partition coefficient (Wildman–Crippen LogP) is 3.01. The van der Waals surface area contributed by atoms with Gasteiger partial charge in [-0.15, -0.1) is 0 Å². The summed E-state index contributed by atoms with van der Waals surface area (Å²) in [7, 11) is -7.27. The highest BCUT2D eigenvalue weighted by molar-refractivity contribution is 7.86. The van der Waals surface area contributed by atoms with Crippen LogP contribution >= 0.6 is 0 Å². The molecule has 0 aliphatic carbocycles. The summed E-state index contributed by atoms with van der Waals surface area (Å²) < 4.78 is 54.1. The summed E-state index contributed by atoms with van der Waals surface area (Å²) >= 11 is 0. The average molecular weight is 563 g/mol. The molecule has 4 amide bonds. The lowest BCUT2D eigenvalue weighted by Gasteiger charge is -2.11. The summed E-state index contributed by atoms with van der Waals surface area (Å²) in [6.45, 7) is 0.450. The average Bonchev–Trinajstić information content (AvgIpc) is 2.82. The molecule has 0 bridgehead atoms. The third kappa shape index (κ3) is 10.4. The molecule has 14 heteroatoms. The number of hydrogen-bond acceptors (Lipinski definition) is 8. The number of anilines is 2. The highest BCUT2D eigenvalue weighted by Crippen LogP contribution is 2.18. The molecule has 0 saturated heterocycles.